The number of aryl methyl sites for hydroxylation is 1. The molecule has 1 aromatic carbocycles. The number of nitriles is 1. The van der Waals surface area contributed by atoms with Crippen LogP contribution >= 0.6 is 15.9 Å². The predicted molar refractivity (Wildman–Crippen MR) is 71.1 cm³/mol. The smallest absolute Gasteiger partial charge is 0.0992 e. The summed E-state index contributed by atoms with van der Waals surface area (Å²) >= 11 is 3.37. The number of hydrogen-bond acceptors (Lipinski definition) is 3. The molecule has 0 fully saturated rings. The zero-order valence-electron chi connectivity index (χ0n) is 9.24. The van der Waals surface area contributed by atoms with Crippen molar-refractivity contribution in [2.45, 2.75) is 6.92 Å². The SMILES string of the molecule is Cc1cncc(Nc2cc(Br)cc(C#N)c2)c1. The lowest BCUT2D eigenvalue weighted by Gasteiger charge is -2.07. The minimum absolute atomic E-state index is 0.613. The van der Waals surface area contributed by atoms with Crippen LogP contribution in [0.25, 0.3) is 0 Å². The number of rotatable bonds is 2. The van der Waals surface area contributed by atoms with Gasteiger partial charge in [0.2, 0.25) is 0 Å². The van der Waals surface area contributed by atoms with Crippen molar-refractivity contribution in [2.24, 2.45) is 0 Å². The number of nitrogens with one attached hydrogen (secondary N) is 1. The summed E-state index contributed by atoms with van der Waals surface area (Å²) in [7, 11) is 0. The summed E-state index contributed by atoms with van der Waals surface area (Å²) in [5.41, 5.74) is 3.48. The third kappa shape index (κ3) is 3.05. The first-order chi connectivity index (χ1) is 8.17. The van der Waals surface area contributed by atoms with Gasteiger partial charge < -0.3 is 5.32 Å². The van der Waals surface area contributed by atoms with Crippen molar-refractivity contribution in [1.82, 2.24) is 4.98 Å². The number of halogens is 1. The van der Waals surface area contributed by atoms with Gasteiger partial charge in [0.05, 0.1) is 23.5 Å². The molecule has 1 heterocycles. The molecule has 84 valence electrons. The second-order valence-corrected chi connectivity index (χ2v) is 4.63. The number of benzene rings is 1. The number of anilines is 2. The van der Waals surface area contributed by atoms with E-state index in [1.54, 1.807) is 24.5 Å². The van der Waals surface area contributed by atoms with Crippen LogP contribution in [0.2, 0.25) is 0 Å². The van der Waals surface area contributed by atoms with Crippen molar-refractivity contribution in [2.75, 3.05) is 5.32 Å². The fourth-order valence-corrected chi connectivity index (χ4v) is 2.01. The van der Waals surface area contributed by atoms with Gasteiger partial charge in [0.1, 0.15) is 0 Å². The molecule has 0 aliphatic carbocycles. The Bertz CT molecular complexity index is 587. The standard InChI is InChI=1S/C13H10BrN3/c1-9-2-13(8-16-7-9)17-12-4-10(6-15)3-11(14)5-12/h2-5,7-8,17H,1H3. The van der Waals surface area contributed by atoms with E-state index in [4.69, 9.17) is 5.26 Å². The molecule has 0 aliphatic heterocycles. The van der Waals surface area contributed by atoms with Crippen LogP contribution in [0, 0.1) is 18.3 Å². The topological polar surface area (TPSA) is 48.7 Å². The van der Waals surface area contributed by atoms with Crippen LogP contribution in [-0.2, 0) is 0 Å². The van der Waals surface area contributed by atoms with Crippen molar-refractivity contribution >= 4 is 27.3 Å². The van der Waals surface area contributed by atoms with Crippen LogP contribution in [0.1, 0.15) is 11.1 Å². The van der Waals surface area contributed by atoms with Crippen LogP contribution in [-0.4, -0.2) is 4.98 Å². The van der Waals surface area contributed by atoms with Gasteiger partial charge in [-0.3, -0.25) is 4.98 Å². The Morgan fingerprint density at radius 2 is 2.00 bits per heavy atom. The van der Waals surface area contributed by atoms with Crippen molar-refractivity contribution in [3.63, 3.8) is 0 Å². The van der Waals surface area contributed by atoms with E-state index in [9.17, 15) is 0 Å². The highest BCUT2D eigenvalue weighted by molar-refractivity contribution is 9.10. The average molecular weight is 288 g/mol. The molecular formula is C13H10BrN3. The maximum atomic E-state index is 8.89. The molecule has 1 N–H and O–H groups in total. The molecule has 2 aromatic rings. The van der Waals surface area contributed by atoms with Gasteiger partial charge in [0.15, 0.2) is 0 Å². The Balaban J connectivity index is 2.30. The second-order valence-electron chi connectivity index (χ2n) is 3.72. The van der Waals surface area contributed by atoms with Gasteiger partial charge in [0, 0.05) is 16.4 Å². The third-order valence-electron chi connectivity index (χ3n) is 2.19. The van der Waals surface area contributed by atoms with Gasteiger partial charge in [-0.1, -0.05) is 15.9 Å². The third-order valence-corrected chi connectivity index (χ3v) is 2.65. The Morgan fingerprint density at radius 1 is 1.18 bits per heavy atom. The van der Waals surface area contributed by atoms with Crippen molar-refractivity contribution in [1.29, 1.82) is 5.26 Å². The lowest BCUT2D eigenvalue weighted by atomic mass is 10.2. The van der Waals surface area contributed by atoms with Gasteiger partial charge >= 0.3 is 0 Å². The fraction of sp³-hybridized carbons (Fsp3) is 0.0769. The summed E-state index contributed by atoms with van der Waals surface area (Å²) in [5, 5.41) is 12.1. The quantitative estimate of drug-likeness (QED) is 0.915. The first kappa shape index (κ1) is 11.6. The zero-order valence-corrected chi connectivity index (χ0v) is 10.8. The molecule has 0 unspecified atom stereocenters. The molecule has 2 rings (SSSR count). The van der Waals surface area contributed by atoms with Gasteiger partial charge in [-0.15, -0.1) is 0 Å². The molecule has 0 radical (unpaired) electrons. The molecule has 0 saturated heterocycles. The summed E-state index contributed by atoms with van der Waals surface area (Å²) < 4.78 is 0.875. The van der Waals surface area contributed by atoms with Crippen molar-refractivity contribution in [3.05, 3.63) is 52.3 Å². The minimum Gasteiger partial charge on any atom is -0.354 e. The fourth-order valence-electron chi connectivity index (χ4n) is 1.52. The summed E-state index contributed by atoms with van der Waals surface area (Å²) in [6.07, 6.45) is 3.55. The highest BCUT2D eigenvalue weighted by Gasteiger charge is 2.00. The highest BCUT2D eigenvalue weighted by Crippen LogP contribution is 2.22. The number of pyridine rings is 1. The first-order valence-electron chi connectivity index (χ1n) is 5.07. The summed E-state index contributed by atoms with van der Waals surface area (Å²) in [4.78, 5) is 4.11. The first-order valence-corrected chi connectivity index (χ1v) is 5.86. The maximum Gasteiger partial charge on any atom is 0.0992 e. The van der Waals surface area contributed by atoms with Crippen LogP contribution in [0.15, 0.2) is 41.1 Å². The van der Waals surface area contributed by atoms with E-state index in [1.165, 1.54) is 0 Å². The lowest BCUT2D eigenvalue weighted by Crippen LogP contribution is -1.92. The number of aromatic nitrogens is 1. The highest BCUT2D eigenvalue weighted by atomic mass is 79.9. The Hall–Kier alpha value is -1.86. The summed E-state index contributed by atoms with van der Waals surface area (Å²) in [6.45, 7) is 1.99. The van der Waals surface area contributed by atoms with E-state index in [1.807, 2.05) is 19.1 Å². The maximum absolute atomic E-state index is 8.89. The molecular weight excluding hydrogens is 278 g/mol. The normalized spacial score (nSPS) is 9.71. The molecule has 0 atom stereocenters. The van der Waals surface area contributed by atoms with Crippen molar-refractivity contribution in [3.8, 4) is 6.07 Å². The van der Waals surface area contributed by atoms with Crippen LogP contribution < -0.4 is 5.32 Å². The number of hydrogen-bond donors (Lipinski definition) is 1. The molecule has 0 bridgehead atoms. The van der Waals surface area contributed by atoms with Gasteiger partial charge in [0.25, 0.3) is 0 Å². The second kappa shape index (κ2) is 4.98. The van der Waals surface area contributed by atoms with E-state index in [2.05, 4.69) is 32.3 Å². The molecule has 0 aliphatic rings. The number of nitrogens with zero attached hydrogens (tertiary/aromatic N) is 2. The van der Waals surface area contributed by atoms with E-state index in [0.29, 0.717) is 5.56 Å². The largest absolute Gasteiger partial charge is 0.354 e. The Kier molecular flexibility index (Phi) is 3.40. The van der Waals surface area contributed by atoms with Gasteiger partial charge in [-0.25, -0.2) is 0 Å². The van der Waals surface area contributed by atoms with Crippen molar-refractivity contribution < 1.29 is 0 Å². The summed E-state index contributed by atoms with van der Waals surface area (Å²) in [6, 6.07) is 9.62. The van der Waals surface area contributed by atoms with E-state index in [0.717, 1.165) is 21.4 Å². The van der Waals surface area contributed by atoms with E-state index >= 15 is 0 Å². The average Bonchev–Trinajstić information content (AvgIpc) is 2.28. The minimum atomic E-state index is 0.613. The molecule has 17 heavy (non-hydrogen) atoms. The van der Waals surface area contributed by atoms with Crippen LogP contribution in [0.5, 0.6) is 0 Å². The Labute approximate surface area is 108 Å². The molecule has 4 heteroatoms. The molecule has 0 spiro atoms. The molecule has 0 saturated carbocycles. The molecule has 3 nitrogen and oxygen atoms in total. The van der Waals surface area contributed by atoms with Crippen LogP contribution in [0.3, 0.4) is 0 Å². The van der Waals surface area contributed by atoms with Crippen LogP contribution in [0.4, 0.5) is 11.4 Å². The predicted octanol–water partition coefficient (Wildman–Crippen LogP) is 3.77. The monoisotopic (exact) mass is 287 g/mol. The molecule has 0 amide bonds. The van der Waals surface area contributed by atoms with E-state index < -0.39 is 0 Å². The Morgan fingerprint density at radius 3 is 2.71 bits per heavy atom. The van der Waals surface area contributed by atoms with E-state index in [-0.39, 0.29) is 0 Å². The lowest BCUT2D eigenvalue weighted by molar-refractivity contribution is 1.26. The van der Waals surface area contributed by atoms with Gasteiger partial charge in [-0.2, -0.15) is 5.26 Å². The zero-order chi connectivity index (χ0) is 12.3. The van der Waals surface area contributed by atoms with Gasteiger partial charge in [-0.05, 0) is 36.8 Å². The summed E-state index contributed by atoms with van der Waals surface area (Å²) in [5.74, 6) is 0. The molecule has 1 aromatic heterocycles.